The van der Waals surface area contributed by atoms with Crippen LogP contribution in [0.5, 0.6) is 0 Å². The molecule has 0 aromatic heterocycles. The smallest absolute Gasteiger partial charge is 0.199 e. The van der Waals surface area contributed by atoms with Gasteiger partial charge in [0.15, 0.2) is 11.6 Å². The van der Waals surface area contributed by atoms with E-state index in [-0.39, 0.29) is 23.5 Å². The van der Waals surface area contributed by atoms with Crippen LogP contribution < -0.4 is 0 Å². The summed E-state index contributed by atoms with van der Waals surface area (Å²) in [6.07, 6.45) is 5.32. The van der Waals surface area contributed by atoms with Gasteiger partial charge in [-0.2, -0.15) is 0 Å². The third kappa shape index (κ3) is 2.33. The molecule has 6 nitrogen and oxygen atoms in total. The minimum absolute atomic E-state index is 0.00751. The molecule has 1 spiro atoms. The van der Waals surface area contributed by atoms with Gasteiger partial charge in [0.05, 0.1) is 5.60 Å². The third-order valence-corrected chi connectivity index (χ3v) is 11.1. The number of rotatable bonds is 0. The summed E-state index contributed by atoms with van der Waals surface area (Å²) in [7, 11) is 0. The Morgan fingerprint density at radius 1 is 0.971 bits per heavy atom. The largest absolute Gasteiger partial charge is 0.387 e. The maximum atomic E-state index is 12.2. The van der Waals surface area contributed by atoms with Crippen LogP contribution in [0.15, 0.2) is 34.9 Å². The summed E-state index contributed by atoms with van der Waals surface area (Å²) in [5.74, 6) is -1.18. The topological polar surface area (TPSA) is 96.2 Å². The Kier molecular flexibility index (Phi) is 4.43. The van der Waals surface area contributed by atoms with E-state index in [0.29, 0.717) is 24.8 Å². The monoisotopic (exact) mass is 470 g/mol. The summed E-state index contributed by atoms with van der Waals surface area (Å²) in [6, 6.07) is 0. The molecule has 34 heavy (non-hydrogen) atoms. The Bertz CT molecular complexity index is 1070. The van der Waals surface area contributed by atoms with E-state index in [4.69, 9.17) is 9.47 Å². The molecule has 6 heteroatoms. The molecule has 3 N–H and O–H groups in total. The van der Waals surface area contributed by atoms with Gasteiger partial charge in [-0.15, -0.1) is 0 Å². The first-order valence-electron chi connectivity index (χ1n) is 12.9. The Labute approximate surface area is 201 Å². The molecule has 3 fully saturated rings. The molecular formula is C28H38O6. The predicted octanol–water partition coefficient (Wildman–Crippen LogP) is 3.21. The highest BCUT2D eigenvalue weighted by Crippen LogP contribution is 2.72. The highest BCUT2D eigenvalue weighted by molar-refractivity contribution is 5.92. The summed E-state index contributed by atoms with van der Waals surface area (Å²) in [6.45, 7) is 12.4. The molecule has 0 amide bonds. The van der Waals surface area contributed by atoms with Crippen molar-refractivity contribution in [2.75, 3.05) is 0 Å². The van der Waals surface area contributed by atoms with Crippen molar-refractivity contribution in [1.82, 2.24) is 0 Å². The van der Waals surface area contributed by atoms with E-state index >= 15 is 0 Å². The summed E-state index contributed by atoms with van der Waals surface area (Å²) in [5.41, 5.74) is -0.138. The first-order valence-corrected chi connectivity index (χ1v) is 12.9. The minimum Gasteiger partial charge on any atom is -0.387 e. The van der Waals surface area contributed by atoms with E-state index < -0.39 is 46.1 Å². The van der Waals surface area contributed by atoms with Crippen LogP contribution in [0.4, 0.5) is 0 Å². The lowest BCUT2D eigenvalue weighted by Crippen LogP contribution is -2.69. The molecule has 2 heterocycles. The number of hydrogen-bond acceptors (Lipinski definition) is 6. The molecule has 0 radical (unpaired) electrons. The van der Waals surface area contributed by atoms with Crippen molar-refractivity contribution >= 4 is 5.78 Å². The highest BCUT2D eigenvalue weighted by Gasteiger charge is 2.76. The Morgan fingerprint density at radius 2 is 1.68 bits per heavy atom. The van der Waals surface area contributed by atoms with Gasteiger partial charge in [0.2, 0.25) is 0 Å². The van der Waals surface area contributed by atoms with Crippen LogP contribution in [-0.4, -0.2) is 56.4 Å². The molecule has 4 aliphatic carbocycles. The van der Waals surface area contributed by atoms with Gasteiger partial charge in [-0.25, -0.2) is 0 Å². The molecule has 2 bridgehead atoms. The fourth-order valence-corrected chi connectivity index (χ4v) is 8.67. The van der Waals surface area contributed by atoms with Crippen LogP contribution in [0.2, 0.25) is 0 Å². The van der Waals surface area contributed by atoms with E-state index in [1.807, 2.05) is 20.8 Å². The van der Waals surface area contributed by atoms with Crippen molar-refractivity contribution in [3.05, 3.63) is 34.9 Å². The van der Waals surface area contributed by atoms with Gasteiger partial charge in [0, 0.05) is 29.1 Å². The zero-order valence-electron chi connectivity index (χ0n) is 21.1. The second-order valence-corrected chi connectivity index (χ2v) is 12.8. The summed E-state index contributed by atoms with van der Waals surface area (Å²) >= 11 is 0. The van der Waals surface area contributed by atoms with Gasteiger partial charge in [-0.1, -0.05) is 39.8 Å². The second kappa shape index (κ2) is 6.51. The maximum absolute atomic E-state index is 12.2. The number of carbonyl (C=O) groups is 1. The SMILES string of the molecule is C[C@H]1[C@@H](O)[C@@]2(OC1(C)C)O[C@]13CC[C@H]([C@@H]2C)[C@@]1(C)C=CC1=C3[C@H](O)[C@@H](O)C2=CC(=O)CC[C@@]21C. The van der Waals surface area contributed by atoms with E-state index in [1.165, 1.54) is 6.08 Å². The molecule has 1 saturated carbocycles. The minimum atomic E-state index is -1.18. The van der Waals surface area contributed by atoms with E-state index in [0.717, 1.165) is 17.6 Å². The number of ether oxygens (including phenoxy) is 2. The quantitative estimate of drug-likeness (QED) is 0.503. The van der Waals surface area contributed by atoms with E-state index in [9.17, 15) is 20.1 Å². The van der Waals surface area contributed by atoms with Crippen LogP contribution in [-0.2, 0) is 14.3 Å². The molecule has 2 saturated heterocycles. The van der Waals surface area contributed by atoms with E-state index in [1.54, 1.807) is 0 Å². The lowest BCUT2D eigenvalue weighted by Gasteiger charge is -2.63. The molecular weight excluding hydrogens is 432 g/mol. The van der Waals surface area contributed by atoms with Crippen molar-refractivity contribution in [3.63, 3.8) is 0 Å². The summed E-state index contributed by atoms with van der Waals surface area (Å²) < 4.78 is 13.8. The fraction of sp³-hybridized carbons (Fsp3) is 0.750. The molecule has 0 unspecified atom stereocenters. The first-order chi connectivity index (χ1) is 15.8. The Morgan fingerprint density at radius 3 is 2.32 bits per heavy atom. The van der Waals surface area contributed by atoms with Crippen LogP contribution in [0.3, 0.4) is 0 Å². The maximum Gasteiger partial charge on any atom is 0.199 e. The first kappa shape index (κ1) is 23.1. The lowest BCUT2D eigenvalue weighted by atomic mass is 9.51. The van der Waals surface area contributed by atoms with Gasteiger partial charge >= 0.3 is 0 Å². The molecule has 6 rings (SSSR count). The Hall–Kier alpha value is -1.31. The number of hydrogen-bond donors (Lipinski definition) is 3. The van der Waals surface area contributed by atoms with Crippen molar-refractivity contribution in [1.29, 1.82) is 0 Å². The van der Waals surface area contributed by atoms with Gasteiger partial charge in [-0.05, 0) is 61.8 Å². The average Bonchev–Trinajstić information content (AvgIpc) is 3.10. The van der Waals surface area contributed by atoms with Crippen molar-refractivity contribution in [2.24, 2.45) is 28.6 Å². The zero-order valence-corrected chi connectivity index (χ0v) is 21.1. The van der Waals surface area contributed by atoms with Gasteiger partial charge < -0.3 is 24.8 Å². The summed E-state index contributed by atoms with van der Waals surface area (Å²) in [5, 5.41) is 34.5. The van der Waals surface area contributed by atoms with E-state index in [2.05, 4.69) is 32.9 Å². The highest BCUT2D eigenvalue weighted by atomic mass is 16.7. The number of carbonyl (C=O) groups excluding carboxylic acids is 1. The van der Waals surface area contributed by atoms with Crippen molar-refractivity contribution in [2.45, 2.75) is 103 Å². The molecule has 0 aromatic carbocycles. The molecule has 0 aromatic rings. The third-order valence-electron chi connectivity index (χ3n) is 11.1. The predicted molar refractivity (Wildman–Crippen MR) is 125 cm³/mol. The molecule has 186 valence electrons. The van der Waals surface area contributed by atoms with Gasteiger partial charge in [0.25, 0.3) is 0 Å². The standard InChI is InChI=1S/C28H38O6/c1-14-17-9-12-27(34-28(14)23(32)15(2)24(3,4)33-28)20-18(8-11-26(17,27)6)25(5)10-7-16(29)13-19(25)21(30)22(20)31/h8,11,13-15,17,21-23,30-32H,7,9-10,12H2,1-6H3/t14-,15-,17+,21-,22-,23+,25+,26+,27-,28-/m0/s1. The van der Waals surface area contributed by atoms with Crippen LogP contribution in [0, 0.1) is 28.6 Å². The van der Waals surface area contributed by atoms with Crippen LogP contribution in [0.1, 0.15) is 67.2 Å². The second-order valence-electron chi connectivity index (χ2n) is 12.8. The average molecular weight is 471 g/mol. The number of allylic oxidation sites excluding steroid dienone is 3. The lowest BCUT2D eigenvalue weighted by molar-refractivity contribution is -0.372. The van der Waals surface area contributed by atoms with Crippen LogP contribution >= 0.6 is 0 Å². The number of aliphatic hydroxyl groups excluding tert-OH is 3. The van der Waals surface area contributed by atoms with Gasteiger partial charge in [0.1, 0.15) is 23.9 Å². The number of fused-ring (bicyclic) bond motifs is 2. The molecule has 6 aliphatic rings. The summed E-state index contributed by atoms with van der Waals surface area (Å²) in [4.78, 5) is 12.2. The van der Waals surface area contributed by atoms with Gasteiger partial charge in [-0.3, -0.25) is 4.79 Å². The normalized spacial score (nSPS) is 55.2. The molecule has 10 atom stereocenters. The van der Waals surface area contributed by atoms with Crippen LogP contribution in [0.25, 0.3) is 0 Å². The van der Waals surface area contributed by atoms with Crippen molar-refractivity contribution < 1.29 is 29.6 Å². The molecule has 2 aliphatic heterocycles. The number of ketones is 1. The number of aliphatic hydroxyl groups is 3. The van der Waals surface area contributed by atoms with Crippen molar-refractivity contribution in [3.8, 4) is 0 Å². The zero-order chi connectivity index (χ0) is 24.6. The Balaban J connectivity index is 1.58. The fourth-order valence-electron chi connectivity index (χ4n) is 8.67.